The summed E-state index contributed by atoms with van der Waals surface area (Å²) in [5.41, 5.74) is 2.43. The van der Waals surface area contributed by atoms with Gasteiger partial charge in [0, 0.05) is 25.2 Å². The van der Waals surface area contributed by atoms with Crippen molar-refractivity contribution in [1.29, 1.82) is 0 Å². The maximum atomic E-state index is 13.6. The van der Waals surface area contributed by atoms with E-state index in [9.17, 15) is 13.2 Å². The Balaban J connectivity index is 1.59. The Labute approximate surface area is 217 Å². The average molecular weight is 531 g/mol. The number of sulfonamides is 1. The second kappa shape index (κ2) is 10.9. The Morgan fingerprint density at radius 1 is 1.08 bits per heavy atom. The number of amides is 1. The molecule has 1 aliphatic heterocycles. The SMILES string of the molecule is Cc1ccc2nc(N(CCCN(C)C)C(=O)c3ccc(S(=O)(=O)N4CC(C)OC(C)C4)cc3)sc2c1. The Hall–Kier alpha value is -2.37. The Morgan fingerprint density at radius 3 is 2.39 bits per heavy atom. The predicted octanol–water partition coefficient (Wildman–Crippen LogP) is 4.00. The number of fused-ring (bicyclic) bond motifs is 1. The number of carbonyl (C=O) groups is 1. The van der Waals surface area contributed by atoms with Gasteiger partial charge >= 0.3 is 0 Å². The fraction of sp³-hybridized carbons (Fsp3) is 0.462. The molecule has 36 heavy (non-hydrogen) atoms. The number of rotatable bonds is 8. The normalized spacial score (nSPS) is 19.2. The number of benzene rings is 2. The van der Waals surface area contributed by atoms with E-state index in [4.69, 9.17) is 9.72 Å². The summed E-state index contributed by atoms with van der Waals surface area (Å²) in [7, 11) is 0.328. The number of nitrogens with zero attached hydrogens (tertiary/aromatic N) is 4. The van der Waals surface area contributed by atoms with Crippen LogP contribution in [0.15, 0.2) is 47.4 Å². The first-order valence-corrected chi connectivity index (χ1v) is 14.4. The van der Waals surface area contributed by atoms with Crippen LogP contribution >= 0.6 is 11.3 Å². The van der Waals surface area contributed by atoms with Gasteiger partial charge in [0.25, 0.3) is 5.91 Å². The molecule has 2 unspecified atom stereocenters. The molecule has 2 atom stereocenters. The van der Waals surface area contributed by atoms with Crippen molar-refractivity contribution in [3.05, 3.63) is 53.6 Å². The van der Waals surface area contributed by atoms with Crippen molar-refractivity contribution in [2.75, 3.05) is 45.2 Å². The summed E-state index contributed by atoms with van der Waals surface area (Å²) in [6, 6.07) is 12.3. The molecule has 1 saturated heterocycles. The lowest BCUT2D eigenvalue weighted by Crippen LogP contribution is -2.48. The van der Waals surface area contributed by atoms with Crippen molar-refractivity contribution in [3.8, 4) is 0 Å². The van der Waals surface area contributed by atoms with Gasteiger partial charge in [0.15, 0.2) is 5.13 Å². The van der Waals surface area contributed by atoms with Crippen molar-refractivity contribution in [1.82, 2.24) is 14.2 Å². The monoisotopic (exact) mass is 530 g/mol. The lowest BCUT2D eigenvalue weighted by Gasteiger charge is -2.34. The molecular formula is C26H34N4O4S2. The van der Waals surface area contributed by atoms with Gasteiger partial charge in [-0.25, -0.2) is 13.4 Å². The van der Waals surface area contributed by atoms with Gasteiger partial charge in [-0.2, -0.15) is 4.31 Å². The van der Waals surface area contributed by atoms with Gasteiger partial charge in [-0.1, -0.05) is 17.4 Å². The summed E-state index contributed by atoms with van der Waals surface area (Å²) < 4.78 is 34.6. The molecule has 1 aliphatic rings. The zero-order valence-electron chi connectivity index (χ0n) is 21.5. The number of morpholine rings is 1. The molecule has 4 rings (SSSR count). The molecule has 0 N–H and O–H groups in total. The van der Waals surface area contributed by atoms with Crippen LogP contribution in [-0.4, -0.2) is 81.0 Å². The maximum Gasteiger partial charge on any atom is 0.260 e. The maximum absolute atomic E-state index is 13.6. The Bertz CT molecular complexity index is 1310. The van der Waals surface area contributed by atoms with E-state index in [1.54, 1.807) is 17.0 Å². The van der Waals surface area contributed by atoms with E-state index in [0.717, 1.165) is 28.7 Å². The van der Waals surface area contributed by atoms with Crippen molar-refractivity contribution < 1.29 is 17.9 Å². The average Bonchev–Trinajstić information content (AvgIpc) is 3.23. The van der Waals surface area contributed by atoms with E-state index >= 15 is 0 Å². The number of aryl methyl sites for hydroxylation is 1. The molecule has 2 aromatic carbocycles. The summed E-state index contributed by atoms with van der Waals surface area (Å²) in [6.07, 6.45) is 0.448. The number of aromatic nitrogens is 1. The number of hydrogen-bond acceptors (Lipinski definition) is 7. The smallest absolute Gasteiger partial charge is 0.260 e. The number of anilines is 1. The quantitative estimate of drug-likeness (QED) is 0.438. The highest BCUT2D eigenvalue weighted by atomic mass is 32.2. The van der Waals surface area contributed by atoms with Gasteiger partial charge in [0.2, 0.25) is 10.0 Å². The highest BCUT2D eigenvalue weighted by molar-refractivity contribution is 7.89. The molecule has 1 fully saturated rings. The van der Waals surface area contributed by atoms with Crippen molar-refractivity contribution in [3.63, 3.8) is 0 Å². The molecule has 0 saturated carbocycles. The van der Waals surface area contributed by atoms with Gasteiger partial charge in [0.05, 0.1) is 27.3 Å². The van der Waals surface area contributed by atoms with Crippen molar-refractivity contribution in [2.45, 2.75) is 44.3 Å². The van der Waals surface area contributed by atoms with Crippen molar-refractivity contribution in [2.24, 2.45) is 0 Å². The second-order valence-corrected chi connectivity index (χ2v) is 12.6. The minimum atomic E-state index is -3.68. The fourth-order valence-electron chi connectivity index (χ4n) is 4.37. The van der Waals surface area contributed by atoms with Crippen LogP contribution in [0.2, 0.25) is 0 Å². The van der Waals surface area contributed by atoms with E-state index in [1.807, 2.05) is 47.0 Å². The molecule has 3 aromatic rings. The number of hydrogen-bond donors (Lipinski definition) is 0. The van der Waals surface area contributed by atoms with E-state index in [2.05, 4.69) is 11.0 Å². The first-order chi connectivity index (χ1) is 17.0. The predicted molar refractivity (Wildman–Crippen MR) is 144 cm³/mol. The summed E-state index contributed by atoms with van der Waals surface area (Å²) in [5, 5.41) is 0.646. The molecule has 1 amide bonds. The van der Waals surface area contributed by atoms with Gasteiger partial charge in [-0.15, -0.1) is 0 Å². The van der Waals surface area contributed by atoms with Gasteiger partial charge < -0.3 is 9.64 Å². The zero-order valence-corrected chi connectivity index (χ0v) is 23.1. The molecule has 194 valence electrons. The summed E-state index contributed by atoms with van der Waals surface area (Å²) in [4.78, 5) is 22.3. The van der Waals surface area contributed by atoms with Gasteiger partial charge in [-0.3, -0.25) is 9.69 Å². The minimum absolute atomic E-state index is 0.169. The van der Waals surface area contributed by atoms with Crippen LogP contribution in [0.4, 0.5) is 5.13 Å². The molecule has 1 aromatic heterocycles. The standard InChI is InChI=1S/C26H34N4O4S2/c1-18-7-12-23-24(15-18)35-26(27-23)30(14-6-13-28(4)5)25(31)21-8-10-22(11-9-21)36(32,33)29-16-19(2)34-20(3)17-29/h7-12,15,19-20H,6,13-14,16-17H2,1-5H3. The van der Waals surface area contributed by atoms with Crippen LogP contribution in [0, 0.1) is 6.92 Å². The third-order valence-electron chi connectivity index (χ3n) is 6.12. The first kappa shape index (κ1) is 26.7. The third-order valence-corrected chi connectivity index (χ3v) is 9.01. The third kappa shape index (κ3) is 5.95. The Kier molecular flexibility index (Phi) is 8.11. The van der Waals surface area contributed by atoms with E-state index in [-0.39, 0.29) is 23.0 Å². The topological polar surface area (TPSA) is 83.1 Å². The van der Waals surface area contributed by atoms with Crippen LogP contribution in [0.1, 0.15) is 36.2 Å². The van der Waals surface area contributed by atoms with Crippen LogP contribution < -0.4 is 4.90 Å². The van der Waals surface area contributed by atoms with E-state index < -0.39 is 10.0 Å². The molecule has 10 heteroatoms. The molecule has 0 aliphatic carbocycles. The van der Waals surface area contributed by atoms with Crippen LogP contribution in [0.25, 0.3) is 10.2 Å². The van der Waals surface area contributed by atoms with Crippen LogP contribution in [-0.2, 0) is 14.8 Å². The number of ether oxygens (including phenoxy) is 1. The zero-order chi connectivity index (χ0) is 26.0. The second-order valence-electron chi connectivity index (χ2n) is 9.68. The highest BCUT2D eigenvalue weighted by Gasteiger charge is 2.32. The molecule has 8 nitrogen and oxygen atoms in total. The van der Waals surface area contributed by atoms with Crippen LogP contribution in [0.3, 0.4) is 0 Å². The molecule has 0 spiro atoms. The highest BCUT2D eigenvalue weighted by Crippen LogP contribution is 2.31. The lowest BCUT2D eigenvalue weighted by molar-refractivity contribution is -0.0440. The van der Waals surface area contributed by atoms with Crippen LogP contribution in [0.5, 0.6) is 0 Å². The fourth-order valence-corrected chi connectivity index (χ4v) is 7.04. The summed E-state index contributed by atoms with van der Waals surface area (Å²) in [6.45, 7) is 7.74. The van der Waals surface area contributed by atoms with Gasteiger partial charge in [0.1, 0.15) is 0 Å². The molecule has 0 bridgehead atoms. The number of carbonyl (C=O) groups excluding carboxylic acids is 1. The Morgan fingerprint density at radius 2 is 1.75 bits per heavy atom. The summed E-state index contributed by atoms with van der Waals surface area (Å²) >= 11 is 1.49. The molecule has 0 radical (unpaired) electrons. The van der Waals surface area contributed by atoms with E-state index in [0.29, 0.717) is 30.3 Å². The molecular weight excluding hydrogens is 496 g/mol. The first-order valence-electron chi connectivity index (χ1n) is 12.1. The lowest BCUT2D eigenvalue weighted by atomic mass is 10.2. The van der Waals surface area contributed by atoms with Crippen molar-refractivity contribution >= 4 is 42.6 Å². The molecule has 2 heterocycles. The minimum Gasteiger partial charge on any atom is -0.373 e. The van der Waals surface area contributed by atoms with E-state index in [1.165, 1.54) is 27.8 Å². The van der Waals surface area contributed by atoms with Gasteiger partial charge in [-0.05, 0) is 89.8 Å². The summed E-state index contributed by atoms with van der Waals surface area (Å²) in [5.74, 6) is -0.193. The number of thiazole rings is 1. The largest absolute Gasteiger partial charge is 0.373 e.